The molecular formula is C5H2BrNO2S2. The number of hydrogen-bond acceptors (Lipinski definition) is 4. The fourth-order valence-electron chi connectivity index (χ4n) is 0.487. The van der Waals surface area contributed by atoms with Gasteiger partial charge in [0, 0.05) is 0 Å². The Hall–Kier alpha value is -0.380. The predicted octanol–water partition coefficient (Wildman–Crippen LogP) is 1.77. The molecule has 1 heterocycles. The molecule has 0 N–H and O–H groups in total. The topological polar surface area (TPSA) is 57.9 Å². The van der Waals surface area contributed by atoms with Crippen molar-refractivity contribution < 1.29 is 8.42 Å². The maximum atomic E-state index is 10.8. The van der Waals surface area contributed by atoms with Gasteiger partial charge in [0.1, 0.15) is 4.21 Å². The number of halogens is 1. The van der Waals surface area contributed by atoms with Gasteiger partial charge in [0.15, 0.2) is 0 Å². The summed E-state index contributed by atoms with van der Waals surface area (Å²) in [4.78, 5) is 0. The molecule has 0 fully saturated rings. The van der Waals surface area contributed by atoms with Crippen LogP contribution in [0, 0.1) is 10.7 Å². The fourth-order valence-corrected chi connectivity index (χ4v) is 3.09. The highest BCUT2D eigenvalue weighted by atomic mass is 79.9. The Kier molecular flexibility index (Phi) is 2.32. The molecule has 0 aromatic carbocycles. The van der Waals surface area contributed by atoms with Gasteiger partial charge in [-0.2, -0.15) is 5.26 Å². The minimum absolute atomic E-state index is 0.0758. The molecule has 1 aromatic rings. The quantitative estimate of drug-likeness (QED) is 0.565. The van der Waals surface area contributed by atoms with E-state index in [9.17, 15) is 8.42 Å². The number of nitriles is 1. The maximum Gasteiger partial charge on any atom is 0.279 e. The Bertz CT molecular complexity index is 400. The first-order chi connectivity index (χ1) is 5.06. The number of hydrogen-bond donors (Lipinski definition) is 0. The van der Waals surface area contributed by atoms with E-state index in [0.29, 0.717) is 3.79 Å². The van der Waals surface area contributed by atoms with Gasteiger partial charge in [0.05, 0.1) is 3.79 Å². The van der Waals surface area contributed by atoms with Gasteiger partial charge in [0.2, 0.25) is 5.40 Å². The van der Waals surface area contributed by atoms with Crippen molar-refractivity contribution in [1.29, 1.82) is 5.26 Å². The molecule has 0 bridgehead atoms. The third-order valence-electron chi connectivity index (χ3n) is 0.934. The summed E-state index contributed by atoms with van der Waals surface area (Å²) in [6.45, 7) is 0. The summed E-state index contributed by atoms with van der Waals surface area (Å²) in [6, 6.07) is 2.99. The van der Waals surface area contributed by atoms with Crippen LogP contribution in [0.15, 0.2) is 20.1 Å². The lowest BCUT2D eigenvalue weighted by Gasteiger charge is -1.83. The molecule has 0 saturated carbocycles. The van der Waals surface area contributed by atoms with Gasteiger partial charge in [-0.1, -0.05) is 0 Å². The lowest BCUT2D eigenvalue weighted by molar-refractivity contribution is 0.607. The molecule has 0 aliphatic carbocycles. The Balaban J connectivity index is 3.26. The predicted molar refractivity (Wildman–Crippen MR) is 44.8 cm³/mol. The summed E-state index contributed by atoms with van der Waals surface area (Å²) < 4.78 is 22.5. The molecule has 3 nitrogen and oxygen atoms in total. The lowest BCUT2D eigenvalue weighted by Crippen LogP contribution is -1.91. The SMILES string of the molecule is N#CS(=O)(=O)c1ccc(Br)s1. The van der Waals surface area contributed by atoms with E-state index < -0.39 is 9.84 Å². The summed E-state index contributed by atoms with van der Waals surface area (Å²) in [5, 5.41) is 9.44. The van der Waals surface area contributed by atoms with E-state index in [4.69, 9.17) is 5.26 Å². The van der Waals surface area contributed by atoms with Crippen molar-refractivity contribution in [2.75, 3.05) is 0 Å². The zero-order chi connectivity index (χ0) is 8.48. The first kappa shape index (κ1) is 8.71. The van der Waals surface area contributed by atoms with E-state index in [1.807, 2.05) is 0 Å². The molecule has 0 aliphatic rings. The van der Waals surface area contributed by atoms with Crippen LogP contribution < -0.4 is 0 Å². The molecule has 1 rings (SSSR count). The summed E-state index contributed by atoms with van der Waals surface area (Å²) in [5.41, 5.74) is 0. The molecule has 0 unspecified atom stereocenters. The minimum atomic E-state index is -3.68. The van der Waals surface area contributed by atoms with Crippen LogP contribution >= 0.6 is 27.3 Å². The number of rotatable bonds is 1. The zero-order valence-corrected chi connectivity index (χ0v) is 8.33. The van der Waals surface area contributed by atoms with Gasteiger partial charge in [-0.25, -0.2) is 8.42 Å². The lowest BCUT2D eigenvalue weighted by atomic mass is 10.7. The monoisotopic (exact) mass is 251 g/mol. The smallest absolute Gasteiger partial charge is 0.207 e. The van der Waals surface area contributed by atoms with Gasteiger partial charge >= 0.3 is 0 Å². The van der Waals surface area contributed by atoms with Crippen LogP contribution in [-0.4, -0.2) is 8.42 Å². The van der Waals surface area contributed by atoms with Crippen molar-refractivity contribution >= 4 is 37.1 Å². The van der Waals surface area contributed by atoms with Crippen LogP contribution in [0.3, 0.4) is 0 Å². The number of nitrogens with zero attached hydrogens (tertiary/aromatic N) is 1. The molecule has 0 radical (unpaired) electrons. The molecule has 11 heavy (non-hydrogen) atoms. The fraction of sp³-hybridized carbons (Fsp3) is 0. The van der Waals surface area contributed by atoms with Crippen molar-refractivity contribution in [1.82, 2.24) is 0 Å². The van der Waals surface area contributed by atoms with Crippen molar-refractivity contribution in [3.63, 3.8) is 0 Å². The second kappa shape index (κ2) is 2.93. The molecule has 0 aliphatic heterocycles. The van der Waals surface area contributed by atoms with Crippen LogP contribution in [0.4, 0.5) is 0 Å². The minimum Gasteiger partial charge on any atom is -0.207 e. The van der Waals surface area contributed by atoms with E-state index >= 15 is 0 Å². The third kappa shape index (κ3) is 1.80. The normalized spacial score (nSPS) is 10.9. The molecule has 0 saturated heterocycles. The Morgan fingerprint density at radius 1 is 1.55 bits per heavy atom. The molecule has 6 heteroatoms. The van der Waals surface area contributed by atoms with E-state index in [-0.39, 0.29) is 4.21 Å². The Labute approximate surface area is 76.3 Å². The van der Waals surface area contributed by atoms with Gasteiger partial charge in [-0.3, -0.25) is 0 Å². The molecule has 58 valence electrons. The zero-order valence-electron chi connectivity index (χ0n) is 5.11. The maximum absolute atomic E-state index is 10.8. The third-order valence-corrected chi connectivity index (χ3v) is 4.17. The van der Waals surface area contributed by atoms with Crippen molar-refractivity contribution in [2.24, 2.45) is 0 Å². The van der Waals surface area contributed by atoms with Gasteiger partial charge < -0.3 is 0 Å². The highest BCUT2D eigenvalue weighted by Gasteiger charge is 2.14. The largest absolute Gasteiger partial charge is 0.279 e. The molecule has 0 atom stereocenters. The number of thiophene rings is 1. The van der Waals surface area contributed by atoms with Crippen molar-refractivity contribution in [2.45, 2.75) is 4.21 Å². The van der Waals surface area contributed by atoms with E-state index in [1.54, 1.807) is 6.07 Å². The van der Waals surface area contributed by atoms with E-state index in [1.165, 1.54) is 11.5 Å². The van der Waals surface area contributed by atoms with Gasteiger partial charge in [-0.05, 0) is 28.1 Å². The summed E-state index contributed by atoms with van der Waals surface area (Å²) in [5.74, 6) is 0. The van der Waals surface area contributed by atoms with Crippen LogP contribution in [0.25, 0.3) is 0 Å². The second-order valence-electron chi connectivity index (χ2n) is 1.65. The van der Waals surface area contributed by atoms with Crippen LogP contribution in [0.5, 0.6) is 0 Å². The first-order valence-electron chi connectivity index (χ1n) is 2.47. The number of thiocyanates is 1. The van der Waals surface area contributed by atoms with Crippen LogP contribution in [-0.2, 0) is 9.84 Å². The van der Waals surface area contributed by atoms with Crippen molar-refractivity contribution in [3.05, 3.63) is 15.9 Å². The highest BCUT2D eigenvalue weighted by molar-refractivity contribution is 9.11. The first-order valence-corrected chi connectivity index (χ1v) is 5.57. The average molecular weight is 252 g/mol. The Morgan fingerprint density at radius 2 is 2.18 bits per heavy atom. The molecule has 0 amide bonds. The summed E-state index contributed by atoms with van der Waals surface area (Å²) >= 11 is 4.12. The summed E-state index contributed by atoms with van der Waals surface area (Å²) in [7, 11) is -3.68. The standard InChI is InChI=1S/C5H2BrNO2S2/c6-4-1-2-5(10-4)11(8,9)3-7/h1-2H. The summed E-state index contributed by atoms with van der Waals surface area (Å²) in [6.07, 6.45) is 0. The van der Waals surface area contributed by atoms with Crippen molar-refractivity contribution in [3.8, 4) is 5.40 Å². The molecular weight excluding hydrogens is 250 g/mol. The molecule has 0 spiro atoms. The molecule has 1 aromatic heterocycles. The van der Waals surface area contributed by atoms with E-state index in [2.05, 4.69) is 15.9 Å². The second-order valence-corrected chi connectivity index (χ2v) is 6.00. The van der Waals surface area contributed by atoms with E-state index in [0.717, 1.165) is 11.3 Å². The van der Waals surface area contributed by atoms with Gasteiger partial charge in [-0.15, -0.1) is 11.3 Å². The van der Waals surface area contributed by atoms with Crippen LogP contribution in [0.1, 0.15) is 0 Å². The van der Waals surface area contributed by atoms with Crippen LogP contribution in [0.2, 0.25) is 0 Å². The highest BCUT2D eigenvalue weighted by Crippen LogP contribution is 2.26. The van der Waals surface area contributed by atoms with Gasteiger partial charge in [0.25, 0.3) is 9.84 Å². The Morgan fingerprint density at radius 3 is 2.55 bits per heavy atom. The average Bonchev–Trinajstić information content (AvgIpc) is 2.36. The number of sulfone groups is 1.